The molecule has 0 aromatic heterocycles. The number of piperidine rings is 1. The van der Waals surface area contributed by atoms with E-state index in [1.54, 1.807) is 0 Å². The molecule has 2 rings (SSSR count). The second-order valence-electron chi connectivity index (χ2n) is 5.45. The van der Waals surface area contributed by atoms with Gasteiger partial charge in [0.05, 0.1) is 13.0 Å². The fourth-order valence-electron chi connectivity index (χ4n) is 2.77. The molecular weight excluding hydrogens is 254 g/mol. The van der Waals surface area contributed by atoms with Gasteiger partial charge in [0.15, 0.2) is 0 Å². The van der Waals surface area contributed by atoms with Crippen molar-refractivity contribution in [2.24, 2.45) is 0 Å². The number of aliphatic carboxylic acids is 1. The van der Waals surface area contributed by atoms with Crippen LogP contribution in [0.2, 0.25) is 0 Å². The standard InChI is InChI=1S/C16H23NO3/c1-17-10-5-4-7-14(17)9-11-20-15-8-3-2-6-13(15)12-16(18)19/h2-3,6,8,14H,4-5,7,9-12H2,1H3,(H,18,19). The number of carboxylic acids is 1. The molecular formula is C16H23NO3. The monoisotopic (exact) mass is 277 g/mol. The second-order valence-corrected chi connectivity index (χ2v) is 5.45. The largest absolute Gasteiger partial charge is 0.493 e. The first kappa shape index (κ1) is 14.9. The van der Waals surface area contributed by atoms with E-state index in [1.807, 2.05) is 24.3 Å². The Balaban J connectivity index is 1.85. The van der Waals surface area contributed by atoms with Crippen molar-refractivity contribution in [2.75, 3.05) is 20.2 Å². The van der Waals surface area contributed by atoms with Crippen molar-refractivity contribution in [3.63, 3.8) is 0 Å². The molecule has 0 radical (unpaired) electrons. The van der Waals surface area contributed by atoms with Gasteiger partial charge in [-0.3, -0.25) is 4.79 Å². The Bertz CT molecular complexity index is 447. The van der Waals surface area contributed by atoms with Gasteiger partial charge in [0.2, 0.25) is 0 Å². The number of para-hydroxylation sites is 1. The van der Waals surface area contributed by atoms with E-state index in [0.717, 1.165) is 12.0 Å². The van der Waals surface area contributed by atoms with Crippen LogP contribution >= 0.6 is 0 Å². The summed E-state index contributed by atoms with van der Waals surface area (Å²) in [5.41, 5.74) is 0.747. The number of carbonyl (C=O) groups is 1. The highest BCUT2D eigenvalue weighted by Crippen LogP contribution is 2.21. The highest BCUT2D eigenvalue weighted by molar-refractivity contribution is 5.71. The lowest BCUT2D eigenvalue weighted by atomic mass is 10.0. The number of carboxylic acid groups (broad SMARTS) is 1. The zero-order chi connectivity index (χ0) is 14.4. The molecule has 1 N–H and O–H groups in total. The first-order chi connectivity index (χ1) is 9.66. The molecule has 4 nitrogen and oxygen atoms in total. The summed E-state index contributed by atoms with van der Waals surface area (Å²) < 4.78 is 5.80. The maximum Gasteiger partial charge on any atom is 0.307 e. The van der Waals surface area contributed by atoms with Crippen LogP contribution < -0.4 is 4.74 Å². The Kier molecular flexibility index (Phi) is 5.41. The minimum atomic E-state index is -0.826. The van der Waals surface area contributed by atoms with Gasteiger partial charge in [-0.05, 0) is 38.9 Å². The Hall–Kier alpha value is -1.55. The normalized spacial score (nSPS) is 19.8. The summed E-state index contributed by atoms with van der Waals surface area (Å²) in [6.07, 6.45) is 4.83. The van der Waals surface area contributed by atoms with E-state index < -0.39 is 5.97 Å². The van der Waals surface area contributed by atoms with Gasteiger partial charge in [-0.25, -0.2) is 0 Å². The molecule has 4 heteroatoms. The molecule has 1 aliphatic rings. The van der Waals surface area contributed by atoms with Crippen LogP contribution in [-0.2, 0) is 11.2 Å². The molecule has 0 amide bonds. The molecule has 1 atom stereocenters. The molecule has 20 heavy (non-hydrogen) atoms. The van der Waals surface area contributed by atoms with Crippen molar-refractivity contribution in [2.45, 2.75) is 38.1 Å². The van der Waals surface area contributed by atoms with E-state index in [0.29, 0.717) is 18.4 Å². The first-order valence-corrected chi connectivity index (χ1v) is 7.29. The number of ether oxygens (including phenoxy) is 1. The quantitative estimate of drug-likeness (QED) is 0.868. The average Bonchev–Trinajstić information content (AvgIpc) is 2.42. The van der Waals surface area contributed by atoms with Crippen LogP contribution in [0.4, 0.5) is 0 Å². The lowest BCUT2D eigenvalue weighted by Gasteiger charge is -2.32. The number of hydrogen-bond acceptors (Lipinski definition) is 3. The van der Waals surface area contributed by atoms with Crippen LogP contribution in [0.3, 0.4) is 0 Å². The first-order valence-electron chi connectivity index (χ1n) is 7.29. The van der Waals surface area contributed by atoms with E-state index in [1.165, 1.54) is 25.8 Å². The van der Waals surface area contributed by atoms with Gasteiger partial charge < -0.3 is 14.7 Å². The van der Waals surface area contributed by atoms with Crippen molar-refractivity contribution in [1.29, 1.82) is 0 Å². The van der Waals surface area contributed by atoms with E-state index in [-0.39, 0.29) is 6.42 Å². The second kappa shape index (κ2) is 7.29. The fraction of sp³-hybridized carbons (Fsp3) is 0.562. The van der Waals surface area contributed by atoms with Crippen molar-refractivity contribution < 1.29 is 14.6 Å². The number of hydrogen-bond donors (Lipinski definition) is 1. The summed E-state index contributed by atoms with van der Waals surface area (Å²) in [6, 6.07) is 7.99. The molecule has 1 aromatic rings. The fourth-order valence-corrected chi connectivity index (χ4v) is 2.77. The number of rotatable bonds is 6. The molecule has 0 aliphatic carbocycles. The Morgan fingerprint density at radius 2 is 2.20 bits per heavy atom. The third kappa shape index (κ3) is 4.23. The van der Waals surface area contributed by atoms with Crippen LogP contribution in [0.5, 0.6) is 5.75 Å². The maximum absolute atomic E-state index is 10.8. The molecule has 1 aromatic carbocycles. The molecule has 110 valence electrons. The third-order valence-electron chi connectivity index (χ3n) is 3.94. The molecule has 0 bridgehead atoms. The number of benzene rings is 1. The predicted octanol–water partition coefficient (Wildman–Crippen LogP) is 2.57. The van der Waals surface area contributed by atoms with Crippen LogP contribution in [0.25, 0.3) is 0 Å². The van der Waals surface area contributed by atoms with Gasteiger partial charge >= 0.3 is 5.97 Å². The third-order valence-corrected chi connectivity index (χ3v) is 3.94. The molecule has 1 fully saturated rings. The zero-order valence-corrected chi connectivity index (χ0v) is 12.0. The molecule has 1 heterocycles. The van der Waals surface area contributed by atoms with Gasteiger partial charge in [-0.15, -0.1) is 0 Å². The van der Waals surface area contributed by atoms with Crippen LogP contribution in [0.15, 0.2) is 24.3 Å². The average molecular weight is 277 g/mol. The smallest absolute Gasteiger partial charge is 0.307 e. The summed E-state index contributed by atoms with van der Waals surface area (Å²) in [7, 11) is 2.17. The van der Waals surface area contributed by atoms with Gasteiger partial charge in [-0.1, -0.05) is 24.6 Å². The highest BCUT2D eigenvalue weighted by atomic mass is 16.5. The predicted molar refractivity (Wildman–Crippen MR) is 78.2 cm³/mol. The zero-order valence-electron chi connectivity index (χ0n) is 12.0. The molecule has 1 aliphatic heterocycles. The van der Waals surface area contributed by atoms with E-state index in [4.69, 9.17) is 9.84 Å². The Morgan fingerprint density at radius 1 is 1.40 bits per heavy atom. The maximum atomic E-state index is 10.8. The molecule has 0 spiro atoms. The molecule has 1 saturated heterocycles. The van der Waals surface area contributed by atoms with E-state index >= 15 is 0 Å². The van der Waals surface area contributed by atoms with Crippen molar-refractivity contribution in [3.8, 4) is 5.75 Å². The summed E-state index contributed by atoms with van der Waals surface area (Å²) >= 11 is 0. The lowest BCUT2D eigenvalue weighted by molar-refractivity contribution is -0.136. The molecule has 0 saturated carbocycles. The van der Waals surface area contributed by atoms with Crippen molar-refractivity contribution in [3.05, 3.63) is 29.8 Å². The Labute approximate surface area is 120 Å². The number of likely N-dealkylation sites (tertiary alicyclic amines) is 1. The topological polar surface area (TPSA) is 49.8 Å². The van der Waals surface area contributed by atoms with Crippen molar-refractivity contribution in [1.82, 2.24) is 4.90 Å². The van der Waals surface area contributed by atoms with Gasteiger partial charge in [-0.2, -0.15) is 0 Å². The molecule has 1 unspecified atom stereocenters. The summed E-state index contributed by atoms with van der Waals surface area (Å²) in [5, 5.41) is 8.89. The SMILES string of the molecule is CN1CCCCC1CCOc1ccccc1CC(=O)O. The van der Waals surface area contributed by atoms with Crippen LogP contribution in [0.1, 0.15) is 31.2 Å². The summed E-state index contributed by atoms with van der Waals surface area (Å²) in [6.45, 7) is 1.81. The van der Waals surface area contributed by atoms with E-state index in [2.05, 4.69) is 11.9 Å². The number of nitrogens with zero attached hydrogens (tertiary/aromatic N) is 1. The van der Waals surface area contributed by atoms with Gasteiger partial charge in [0, 0.05) is 11.6 Å². The van der Waals surface area contributed by atoms with Crippen LogP contribution in [0, 0.1) is 0 Å². The van der Waals surface area contributed by atoms with Gasteiger partial charge in [0.1, 0.15) is 5.75 Å². The minimum Gasteiger partial charge on any atom is -0.493 e. The summed E-state index contributed by atoms with van der Waals surface area (Å²) in [5.74, 6) is -0.124. The van der Waals surface area contributed by atoms with Crippen LogP contribution in [-0.4, -0.2) is 42.2 Å². The summed E-state index contributed by atoms with van der Waals surface area (Å²) in [4.78, 5) is 13.2. The Morgan fingerprint density at radius 3 is 2.95 bits per heavy atom. The minimum absolute atomic E-state index is 0.0134. The highest BCUT2D eigenvalue weighted by Gasteiger charge is 2.18. The van der Waals surface area contributed by atoms with Crippen molar-refractivity contribution >= 4 is 5.97 Å². The lowest BCUT2D eigenvalue weighted by Crippen LogP contribution is -2.37. The van der Waals surface area contributed by atoms with Gasteiger partial charge in [0.25, 0.3) is 0 Å². The van der Waals surface area contributed by atoms with E-state index in [9.17, 15) is 4.79 Å².